The number of carbonyl (C=O) groups is 1. The Balaban J connectivity index is 2.43. The lowest BCUT2D eigenvalue weighted by molar-refractivity contribution is 0.114. The highest BCUT2D eigenvalue weighted by Crippen LogP contribution is 2.11. The summed E-state index contributed by atoms with van der Waals surface area (Å²) in [6.45, 7) is 4.60. The van der Waals surface area contributed by atoms with E-state index in [0.29, 0.717) is 6.54 Å². The van der Waals surface area contributed by atoms with Crippen molar-refractivity contribution in [2.75, 3.05) is 19.6 Å². The largest absolute Gasteiger partial charge is 0.465 e. The van der Waals surface area contributed by atoms with Crippen LogP contribution in [-0.2, 0) is 0 Å². The Kier molecular flexibility index (Phi) is 4.73. The molecule has 1 heterocycles. The maximum Gasteiger partial charge on any atom is 0.407 e. The number of piperidine rings is 1. The highest BCUT2D eigenvalue weighted by molar-refractivity contribution is 5.65. The van der Waals surface area contributed by atoms with Gasteiger partial charge in [0.1, 0.15) is 0 Å². The maximum atomic E-state index is 11.0. The van der Waals surface area contributed by atoms with Crippen LogP contribution >= 0.6 is 0 Å². The topological polar surface area (TPSA) is 52.6 Å². The number of amides is 1. The predicted molar refractivity (Wildman–Crippen MR) is 55.5 cm³/mol. The van der Waals surface area contributed by atoms with Crippen molar-refractivity contribution in [2.24, 2.45) is 0 Å². The van der Waals surface area contributed by atoms with E-state index in [4.69, 9.17) is 5.11 Å². The second kappa shape index (κ2) is 5.86. The first-order valence-corrected chi connectivity index (χ1v) is 5.46. The zero-order chi connectivity index (χ0) is 10.4. The van der Waals surface area contributed by atoms with Crippen LogP contribution < -0.4 is 5.32 Å². The van der Waals surface area contributed by atoms with Crippen LogP contribution in [0.5, 0.6) is 0 Å². The van der Waals surface area contributed by atoms with E-state index < -0.39 is 6.09 Å². The Morgan fingerprint density at radius 3 is 2.93 bits per heavy atom. The van der Waals surface area contributed by atoms with E-state index in [-0.39, 0.29) is 6.04 Å². The van der Waals surface area contributed by atoms with Gasteiger partial charge in [-0.15, -0.1) is 0 Å². The van der Waals surface area contributed by atoms with E-state index in [9.17, 15) is 4.79 Å². The van der Waals surface area contributed by atoms with Gasteiger partial charge in [0.05, 0.1) is 0 Å². The fourth-order valence-corrected chi connectivity index (χ4v) is 1.86. The van der Waals surface area contributed by atoms with Gasteiger partial charge in [0, 0.05) is 19.1 Å². The van der Waals surface area contributed by atoms with Crippen molar-refractivity contribution < 1.29 is 9.90 Å². The molecule has 0 spiro atoms. The lowest BCUT2D eigenvalue weighted by atomic mass is 10.1. The van der Waals surface area contributed by atoms with E-state index in [1.807, 2.05) is 0 Å². The molecule has 1 atom stereocenters. The van der Waals surface area contributed by atoms with Crippen LogP contribution in [0.15, 0.2) is 0 Å². The van der Waals surface area contributed by atoms with Gasteiger partial charge >= 0.3 is 6.09 Å². The van der Waals surface area contributed by atoms with Crippen LogP contribution in [0.4, 0.5) is 4.79 Å². The molecule has 1 unspecified atom stereocenters. The van der Waals surface area contributed by atoms with Crippen molar-refractivity contribution in [1.29, 1.82) is 0 Å². The molecule has 1 saturated heterocycles. The molecule has 4 heteroatoms. The Bertz CT molecular complexity index is 179. The molecule has 0 aromatic carbocycles. The number of carboxylic acid groups (broad SMARTS) is 1. The third-order valence-corrected chi connectivity index (χ3v) is 2.71. The van der Waals surface area contributed by atoms with Gasteiger partial charge in [0.15, 0.2) is 0 Å². The average molecular weight is 200 g/mol. The summed E-state index contributed by atoms with van der Waals surface area (Å²) < 4.78 is 0. The lowest BCUT2D eigenvalue weighted by Crippen LogP contribution is -2.48. The molecule has 1 rings (SSSR count). The second-order valence-corrected chi connectivity index (χ2v) is 3.83. The third-order valence-electron chi connectivity index (χ3n) is 2.71. The van der Waals surface area contributed by atoms with Gasteiger partial charge in [-0.3, -0.25) is 0 Å². The molecular formula is C10H20N2O2. The van der Waals surface area contributed by atoms with Gasteiger partial charge < -0.3 is 15.3 Å². The lowest BCUT2D eigenvalue weighted by Gasteiger charge is -2.32. The van der Waals surface area contributed by atoms with Gasteiger partial charge in [-0.05, 0) is 25.8 Å². The van der Waals surface area contributed by atoms with Crippen LogP contribution in [0.25, 0.3) is 0 Å². The van der Waals surface area contributed by atoms with Gasteiger partial charge in [-0.2, -0.15) is 0 Å². The summed E-state index contributed by atoms with van der Waals surface area (Å²) in [6.07, 6.45) is 3.32. The van der Waals surface area contributed by atoms with Crippen LogP contribution in [-0.4, -0.2) is 41.8 Å². The SMILES string of the molecule is CCCCN(C(=O)O)C1CCCNC1. The monoisotopic (exact) mass is 200 g/mol. The first-order valence-electron chi connectivity index (χ1n) is 5.46. The molecule has 0 saturated carbocycles. The summed E-state index contributed by atoms with van der Waals surface area (Å²) in [5.74, 6) is 0. The van der Waals surface area contributed by atoms with Gasteiger partial charge in [0.25, 0.3) is 0 Å². The molecule has 0 aromatic rings. The normalized spacial score (nSPS) is 21.9. The molecule has 0 aromatic heterocycles. The predicted octanol–water partition coefficient (Wildman–Crippen LogP) is 1.52. The molecule has 82 valence electrons. The van der Waals surface area contributed by atoms with Crippen molar-refractivity contribution in [3.8, 4) is 0 Å². The van der Waals surface area contributed by atoms with E-state index in [0.717, 1.165) is 38.8 Å². The van der Waals surface area contributed by atoms with Crippen LogP contribution in [0.2, 0.25) is 0 Å². The minimum Gasteiger partial charge on any atom is -0.465 e. The summed E-state index contributed by atoms with van der Waals surface area (Å²) in [7, 11) is 0. The van der Waals surface area contributed by atoms with Crippen LogP contribution in [0.3, 0.4) is 0 Å². The fraction of sp³-hybridized carbons (Fsp3) is 0.900. The first kappa shape index (κ1) is 11.3. The number of nitrogens with one attached hydrogen (secondary N) is 1. The quantitative estimate of drug-likeness (QED) is 0.723. The van der Waals surface area contributed by atoms with Gasteiger partial charge in [-0.25, -0.2) is 4.79 Å². The first-order chi connectivity index (χ1) is 6.75. The Labute approximate surface area is 85.3 Å². The second-order valence-electron chi connectivity index (χ2n) is 3.83. The summed E-state index contributed by atoms with van der Waals surface area (Å²) in [5.41, 5.74) is 0. The Morgan fingerprint density at radius 1 is 1.64 bits per heavy atom. The maximum absolute atomic E-state index is 11.0. The minimum atomic E-state index is -0.771. The van der Waals surface area contributed by atoms with E-state index in [2.05, 4.69) is 12.2 Å². The molecule has 0 radical (unpaired) electrons. The third kappa shape index (κ3) is 3.18. The summed E-state index contributed by atoms with van der Waals surface area (Å²) in [6, 6.07) is 0.188. The highest BCUT2D eigenvalue weighted by Gasteiger charge is 2.23. The van der Waals surface area contributed by atoms with Crippen molar-refractivity contribution in [3.05, 3.63) is 0 Å². The molecule has 2 N–H and O–H groups in total. The number of rotatable bonds is 4. The van der Waals surface area contributed by atoms with Crippen LogP contribution in [0, 0.1) is 0 Å². The molecule has 0 bridgehead atoms. The summed E-state index contributed by atoms with van der Waals surface area (Å²) in [5, 5.41) is 12.3. The Hall–Kier alpha value is -0.770. The van der Waals surface area contributed by atoms with Gasteiger partial charge in [0.2, 0.25) is 0 Å². The van der Waals surface area contributed by atoms with Crippen LogP contribution in [0.1, 0.15) is 32.6 Å². The highest BCUT2D eigenvalue weighted by atomic mass is 16.4. The van der Waals surface area contributed by atoms with Crippen molar-refractivity contribution in [2.45, 2.75) is 38.6 Å². The number of nitrogens with zero attached hydrogens (tertiary/aromatic N) is 1. The molecule has 1 fully saturated rings. The van der Waals surface area contributed by atoms with E-state index >= 15 is 0 Å². The zero-order valence-electron chi connectivity index (χ0n) is 8.83. The molecule has 1 aliphatic rings. The Morgan fingerprint density at radius 2 is 2.43 bits per heavy atom. The summed E-state index contributed by atoms with van der Waals surface area (Å²) >= 11 is 0. The summed E-state index contributed by atoms with van der Waals surface area (Å²) in [4.78, 5) is 12.6. The molecule has 1 aliphatic heterocycles. The molecular weight excluding hydrogens is 180 g/mol. The van der Waals surface area contributed by atoms with E-state index in [1.54, 1.807) is 4.90 Å². The van der Waals surface area contributed by atoms with Crippen molar-refractivity contribution in [3.63, 3.8) is 0 Å². The zero-order valence-corrected chi connectivity index (χ0v) is 8.83. The number of hydrogen-bond acceptors (Lipinski definition) is 2. The van der Waals surface area contributed by atoms with Crippen molar-refractivity contribution in [1.82, 2.24) is 10.2 Å². The molecule has 4 nitrogen and oxygen atoms in total. The fourth-order valence-electron chi connectivity index (χ4n) is 1.86. The van der Waals surface area contributed by atoms with Crippen molar-refractivity contribution >= 4 is 6.09 Å². The van der Waals surface area contributed by atoms with E-state index in [1.165, 1.54) is 0 Å². The smallest absolute Gasteiger partial charge is 0.407 e. The number of unbranched alkanes of at least 4 members (excludes halogenated alkanes) is 1. The molecule has 14 heavy (non-hydrogen) atoms. The average Bonchev–Trinajstić information content (AvgIpc) is 2.19. The molecule has 1 amide bonds. The van der Waals surface area contributed by atoms with Gasteiger partial charge in [-0.1, -0.05) is 13.3 Å². The minimum absolute atomic E-state index is 0.188. The molecule has 0 aliphatic carbocycles. The number of hydrogen-bond donors (Lipinski definition) is 2. The standard InChI is InChI=1S/C10H20N2O2/c1-2-3-7-12(10(13)14)9-5-4-6-11-8-9/h9,11H,2-8H2,1H3,(H,13,14).